The van der Waals surface area contributed by atoms with E-state index in [-0.39, 0.29) is 12.0 Å². The zero-order chi connectivity index (χ0) is 12.3. The molecule has 1 unspecified atom stereocenters. The lowest BCUT2D eigenvalue weighted by Gasteiger charge is -2.44. The molecule has 1 aliphatic carbocycles. The van der Waals surface area contributed by atoms with Gasteiger partial charge in [-0.3, -0.25) is 9.78 Å². The van der Waals surface area contributed by atoms with Crippen molar-refractivity contribution in [2.75, 3.05) is 14.2 Å². The van der Waals surface area contributed by atoms with Crippen molar-refractivity contribution in [2.24, 2.45) is 5.41 Å². The van der Waals surface area contributed by atoms with E-state index in [1.54, 1.807) is 6.20 Å². The fraction of sp³-hybridized carbons (Fsp3) is 0.538. The molecule has 1 saturated carbocycles. The number of ether oxygens (including phenoxy) is 1. The van der Waals surface area contributed by atoms with Gasteiger partial charge in [-0.25, -0.2) is 0 Å². The van der Waals surface area contributed by atoms with Crippen LogP contribution in [0.1, 0.15) is 30.9 Å². The van der Waals surface area contributed by atoms with Crippen molar-refractivity contribution in [3.05, 3.63) is 30.1 Å². The molecular formula is C13H18N2O2. The second-order valence-electron chi connectivity index (χ2n) is 4.51. The Morgan fingerprint density at radius 1 is 1.59 bits per heavy atom. The van der Waals surface area contributed by atoms with E-state index in [0.29, 0.717) is 0 Å². The number of nitrogens with zero attached hydrogens (tertiary/aromatic N) is 1. The molecule has 1 N–H and O–H groups in total. The van der Waals surface area contributed by atoms with Gasteiger partial charge in [0.05, 0.1) is 12.5 Å². The van der Waals surface area contributed by atoms with Crippen LogP contribution >= 0.6 is 0 Å². The van der Waals surface area contributed by atoms with Crippen molar-refractivity contribution in [1.82, 2.24) is 10.3 Å². The molecule has 0 bridgehead atoms. The SMILES string of the molecule is CNC(c1cccnc1)C1(C(=O)OC)CCC1. The van der Waals surface area contributed by atoms with Crippen LogP contribution in [0.5, 0.6) is 0 Å². The molecule has 2 rings (SSSR count). The molecule has 0 spiro atoms. The quantitative estimate of drug-likeness (QED) is 0.805. The number of aromatic nitrogens is 1. The molecule has 92 valence electrons. The van der Waals surface area contributed by atoms with Gasteiger partial charge in [0, 0.05) is 18.4 Å². The average Bonchev–Trinajstić information content (AvgIpc) is 2.33. The molecule has 0 amide bonds. The number of nitrogens with one attached hydrogen (secondary N) is 1. The molecule has 1 fully saturated rings. The van der Waals surface area contributed by atoms with Crippen LogP contribution in [-0.4, -0.2) is 25.1 Å². The molecular weight excluding hydrogens is 216 g/mol. The summed E-state index contributed by atoms with van der Waals surface area (Å²) in [6, 6.07) is 3.87. The van der Waals surface area contributed by atoms with E-state index in [1.807, 2.05) is 25.4 Å². The highest BCUT2D eigenvalue weighted by Crippen LogP contribution is 2.50. The van der Waals surface area contributed by atoms with E-state index in [4.69, 9.17) is 4.74 Å². The molecule has 0 radical (unpaired) electrons. The fourth-order valence-electron chi connectivity index (χ4n) is 2.68. The van der Waals surface area contributed by atoms with Gasteiger partial charge in [0.25, 0.3) is 0 Å². The number of methoxy groups -OCH3 is 1. The summed E-state index contributed by atoms with van der Waals surface area (Å²) in [6.45, 7) is 0. The number of rotatable bonds is 4. The minimum atomic E-state index is -0.410. The lowest BCUT2D eigenvalue weighted by Crippen LogP contribution is -2.48. The van der Waals surface area contributed by atoms with Gasteiger partial charge in [-0.15, -0.1) is 0 Å². The Balaban J connectivity index is 2.31. The zero-order valence-corrected chi connectivity index (χ0v) is 10.3. The summed E-state index contributed by atoms with van der Waals surface area (Å²) in [7, 11) is 3.33. The van der Waals surface area contributed by atoms with E-state index >= 15 is 0 Å². The van der Waals surface area contributed by atoms with E-state index in [1.165, 1.54) is 7.11 Å². The third-order valence-corrected chi connectivity index (χ3v) is 3.70. The van der Waals surface area contributed by atoms with Gasteiger partial charge >= 0.3 is 5.97 Å². The second-order valence-corrected chi connectivity index (χ2v) is 4.51. The highest BCUT2D eigenvalue weighted by atomic mass is 16.5. The molecule has 1 aromatic heterocycles. The largest absolute Gasteiger partial charge is 0.469 e. The summed E-state index contributed by atoms with van der Waals surface area (Å²) in [5, 5.41) is 3.24. The number of esters is 1. The minimum Gasteiger partial charge on any atom is -0.469 e. The molecule has 0 aliphatic heterocycles. The van der Waals surface area contributed by atoms with Crippen LogP contribution < -0.4 is 5.32 Å². The van der Waals surface area contributed by atoms with Crippen LogP contribution in [0.15, 0.2) is 24.5 Å². The van der Waals surface area contributed by atoms with E-state index in [2.05, 4.69) is 10.3 Å². The fourth-order valence-corrected chi connectivity index (χ4v) is 2.68. The second kappa shape index (κ2) is 4.84. The molecule has 1 heterocycles. The Labute approximate surface area is 101 Å². The van der Waals surface area contributed by atoms with Crippen molar-refractivity contribution >= 4 is 5.97 Å². The summed E-state index contributed by atoms with van der Waals surface area (Å²) >= 11 is 0. The normalized spacial score (nSPS) is 19.2. The lowest BCUT2D eigenvalue weighted by molar-refractivity contribution is -0.161. The first-order chi connectivity index (χ1) is 8.24. The highest BCUT2D eigenvalue weighted by molar-refractivity contribution is 5.79. The Morgan fingerprint density at radius 3 is 2.76 bits per heavy atom. The molecule has 17 heavy (non-hydrogen) atoms. The molecule has 4 nitrogen and oxygen atoms in total. The number of hydrogen-bond acceptors (Lipinski definition) is 4. The van der Waals surface area contributed by atoms with Gasteiger partial charge < -0.3 is 10.1 Å². The summed E-state index contributed by atoms with van der Waals surface area (Å²) in [4.78, 5) is 16.1. The maximum Gasteiger partial charge on any atom is 0.313 e. The lowest BCUT2D eigenvalue weighted by atomic mass is 9.62. The van der Waals surface area contributed by atoms with Gasteiger partial charge in [-0.05, 0) is 31.5 Å². The Hall–Kier alpha value is -1.42. The van der Waals surface area contributed by atoms with E-state index in [0.717, 1.165) is 24.8 Å². The van der Waals surface area contributed by atoms with Crippen LogP contribution in [0.25, 0.3) is 0 Å². The summed E-state index contributed by atoms with van der Waals surface area (Å²) < 4.78 is 4.96. The monoisotopic (exact) mass is 234 g/mol. The smallest absolute Gasteiger partial charge is 0.313 e. The van der Waals surface area contributed by atoms with Crippen molar-refractivity contribution in [1.29, 1.82) is 0 Å². The number of carbonyl (C=O) groups is 1. The Morgan fingerprint density at radius 2 is 2.35 bits per heavy atom. The summed E-state index contributed by atoms with van der Waals surface area (Å²) in [5.41, 5.74) is 0.632. The number of pyridine rings is 1. The van der Waals surface area contributed by atoms with Crippen molar-refractivity contribution in [3.63, 3.8) is 0 Å². The van der Waals surface area contributed by atoms with Gasteiger partial charge in [0.2, 0.25) is 0 Å². The molecule has 1 aromatic rings. The van der Waals surface area contributed by atoms with Gasteiger partial charge in [0.15, 0.2) is 0 Å². The number of hydrogen-bond donors (Lipinski definition) is 1. The van der Waals surface area contributed by atoms with Gasteiger partial charge in [0.1, 0.15) is 0 Å². The maximum atomic E-state index is 12.0. The first-order valence-electron chi connectivity index (χ1n) is 5.90. The average molecular weight is 234 g/mol. The van der Waals surface area contributed by atoms with Crippen LogP contribution in [0.3, 0.4) is 0 Å². The van der Waals surface area contributed by atoms with E-state index < -0.39 is 5.41 Å². The molecule has 1 atom stereocenters. The molecule has 0 saturated heterocycles. The third-order valence-electron chi connectivity index (χ3n) is 3.70. The standard InChI is InChI=1S/C13H18N2O2/c1-14-11(10-5-3-8-15-9-10)13(6-4-7-13)12(16)17-2/h3,5,8-9,11,14H,4,6-7H2,1-2H3. The van der Waals surface area contributed by atoms with Crippen LogP contribution in [0.2, 0.25) is 0 Å². The Kier molecular flexibility index (Phi) is 3.43. The maximum absolute atomic E-state index is 12.0. The third kappa shape index (κ3) is 1.93. The van der Waals surface area contributed by atoms with E-state index in [9.17, 15) is 4.79 Å². The van der Waals surface area contributed by atoms with Gasteiger partial charge in [-0.1, -0.05) is 12.5 Å². The van der Waals surface area contributed by atoms with Crippen molar-refractivity contribution in [3.8, 4) is 0 Å². The van der Waals surface area contributed by atoms with Crippen LogP contribution in [0.4, 0.5) is 0 Å². The first-order valence-corrected chi connectivity index (χ1v) is 5.90. The predicted octanol–water partition coefficient (Wildman–Crippen LogP) is 1.69. The molecule has 4 heteroatoms. The number of carbonyl (C=O) groups excluding carboxylic acids is 1. The van der Waals surface area contributed by atoms with Crippen molar-refractivity contribution in [2.45, 2.75) is 25.3 Å². The first kappa shape index (κ1) is 12.0. The molecule has 0 aromatic carbocycles. The van der Waals surface area contributed by atoms with Gasteiger partial charge in [-0.2, -0.15) is 0 Å². The Bertz CT molecular complexity index is 388. The summed E-state index contributed by atoms with van der Waals surface area (Å²) in [5.74, 6) is -0.119. The van der Waals surface area contributed by atoms with Crippen LogP contribution in [0, 0.1) is 5.41 Å². The highest BCUT2D eigenvalue weighted by Gasteiger charge is 2.51. The van der Waals surface area contributed by atoms with Crippen LogP contribution in [-0.2, 0) is 9.53 Å². The predicted molar refractivity (Wildman–Crippen MR) is 64.3 cm³/mol. The zero-order valence-electron chi connectivity index (χ0n) is 10.3. The molecule has 1 aliphatic rings. The topological polar surface area (TPSA) is 51.2 Å². The minimum absolute atomic E-state index is 0.0163. The summed E-state index contributed by atoms with van der Waals surface area (Å²) in [6.07, 6.45) is 6.37. The van der Waals surface area contributed by atoms with Crippen molar-refractivity contribution < 1.29 is 9.53 Å².